The summed E-state index contributed by atoms with van der Waals surface area (Å²) in [5.74, 6) is 1.03. The first-order valence-corrected chi connectivity index (χ1v) is 8.55. The van der Waals surface area contributed by atoms with Gasteiger partial charge in [0.25, 0.3) is 5.91 Å². The summed E-state index contributed by atoms with van der Waals surface area (Å²) < 4.78 is 11.0. The van der Waals surface area contributed by atoms with Gasteiger partial charge in [0.2, 0.25) is 5.91 Å². The van der Waals surface area contributed by atoms with Crippen LogP contribution in [0, 0.1) is 0 Å². The van der Waals surface area contributed by atoms with E-state index in [9.17, 15) is 9.59 Å². The molecular weight excluding hydrogens is 332 g/mol. The number of para-hydroxylation sites is 3. The van der Waals surface area contributed by atoms with Crippen LogP contribution in [0.25, 0.3) is 0 Å². The minimum atomic E-state index is -0.612. The second-order valence-corrected chi connectivity index (χ2v) is 6.04. The third-order valence-corrected chi connectivity index (χ3v) is 4.25. The zero-order valence-electron chi connectivity index (χ0n) is 14.9. The molecular formula is C20H22N2O4. The molecule has 0 aromatic heterocycles. The van der Waals surface area contributed by atoms with Crippen LogP contribution in [0.2, 0.25) is 0 Å². The van der Waals surface area contributed by atoms with E-state index in [-0.39, 0.29) is 11.8 Å². The maximum Gasteiger partial charge on any atom is 0.254 e. The van der Waals surface area contributed by atoms with Crippen molar-refractivity contribution >= 4 is 17.5 Å². The molecule has 1 atom stereocenters. The number of carbonyl (C=O) groups is 2. The van der Waals surface area contributed by atoms with Gasteiger partial charge in [0.05, 0.1) is 13.7 Å². The molecule has 26 heavy (non-hydrogen) atoms. The van der Waals surface area contributed by atoms with Crippen molar-refractivity contribution < 1.29 is 19.1 Å². The molecule has 0 bridgehead atoms. The van der Waals surface area contributed by atoms with Crippen LogP contribution < -0.4 is 19.7 Å². The first-order valence-electron chi connectivity index (χ1n) is 8.55. The highest BCUT2D eigenvalue weighted by Crippen LogP contribution is 2.35. The maximum atomic E-state index is 12.7. The summed E-state index contributed by atoms with van der Waals surface area (Å²) in [4.78, 5) is 25.8. The molecule has 6 heteroatoms. The largest absolute Gasteiger partial charge is 0.493 e. The number of nitrogens with zero attached hydrogens (tertiary/aromatic N) is 1. The van der Waals surface area contributed by atoms with E-state index in [1.54, 1.807) is 12.0 Å². The van der Waals surface area contributed by atoms with Crippen LogP contribution in [0.15, 0.2) is 48.5 Å². The molecule has 1 aliphatic heterocycles. The van der Waals surface area contributed by atoms with Gasteiger partial charge in [-0.3, -0.25) is 9.59 Å². The molecule has 0 fully saturated rings. The lowest BCUT2D eigenvalue weighted by Crippen LogP contribution is -2.37. The molecule has 2 aromatic rings. The third kappa shape index (κ3) is 3.64. The topological polar surface area (TPSA) is 67.9 Å². The van der Waals surface area contributed by atoms with E-state index in [1.807, 2.05) is 48.5 Å². The van der Waals surface area contributed by atoms with Crippen molar-refractivity contribution in [1.82, 2.24) is 5.32 Å². The van der Waals surface area contributed by atoms with Crippen molar-refractivity contribution in [2.75, 3.05) is 25.2 Å². The summed E-state index contributed by atoms with van der Waals surface area (Å²) in [6.45, 7) is 2.39. The quantitative estimate of drug-likeness (QED) is 0.776. The molecule has 2 amide bonds. The van der Waals surface area contributed by atoms with Crippen molar-refractivity contribution in [2.45, 2.75) is 19.4 Å². The molecule has 0 unspecified atom stereocenters. The van der Waals surface area contributed by atoms with Gasteiger partial charge in [0.1, 0.15) is 6.04 Å². The number of methoxy groups -OCH3 is 1. The van der Waals surface area contributed by atoms with E-state index in [0.29, 0.717) is 31.1 Å². The molecule has 2 aromatic carbocycles. The number of ether oxygens (including phenoxy) is 2. The van der Waals surface area contributed by atoms with Gasteiger partial charge in [-0.1, -0.05) is 30.3 Å². The summed E-state index contributed by atoms with van der Waals surface area (Å²) >= 11 is 0. The fourth-order valence-electron chi connectivity index (χ4n) is 3.10. The Hall–Kier alpha value is -3.02. The number of carbonyl (C=O) groups excluding carboxylic acids is 2. The Labute approximate surface area is 152 Å². The number of fused-ring (bicyclic) bond motifs is 1. The minimum absolute atomic E-state index is 0.112. The lowest BCUT2D eigenvalue weighted by Gasteiger charge is -2.18. The van der Waals surface area contributed by atoms with E-state index >= 15 is 0 Å². The van der Waals surface area contributed by atoms with E-state index in [4.69, 9.17) is 9.47 Å². The number of benzene rings is 2. The fourth-order valence-corrected chi connectivity index (χ4v) is 3.10. The molecule has 0 radical (unpaired) electrons. The summed E-state index contributed by atoms with van der Waals surface area (Å²) in [5, 5.41) is 2.73. The Balaban J connectivity index is 1.63. The average Bonchev–Trinajstić information content (AvgIpc) is 2.90. The van der Waals surface area contributed by atoms with Gasteiger partial charge in [-0.05, 0) is 24.6 Å². The standard InChI is InChI=1S/C20H22N2O4/c1-14(23)21-19-15-8-3-4-9-16(15)22(20(19)24)12-7-13-26-18-11-6-5-10-17(18)25-2/h3-6,8-11,19H,7,12-13H2,1-2H3,(H,21,23)/t19-/m1/s1. The summed E-state index contributed by atoms with van der Waals surface area (Å²) in [5.41, 5.74) is 1.67. The highest BCUT2D eigenvalue weighted by Gasteiger charge is 2.37. The van der Waals surface area contributed by atoms with Gasteiger partial charge in [0.15, 0.2) is 11.5 Å². The van der Waals surface area contributed by atoms with Gasteiger partial charge in [-0.2, -0.15) is 0 Å². The third-order valence-electron chi connectivity index (χ3n) is 4.25. The molecule has 1 heterocycles. The summed E-state index contributed by atoms with van der Waals surface area (Å²) in [6, 6.07) is 14.4. The van der Waals surface area contributed by atoms with E-state index in [2.05, 4.69) is 5.32 Å². The van der Waals surface area contributed by atoms with Crippen molar-refractivity contribution in [3.63, 3.8) is 0 Å². The van der Waals surface area contributed by atoms with Crippen LogP contribution in [0.4, 0.5) is 5.69 Å². The average molecular weight is 354 g/mol. The van der Waals surface area contributed by atoms with Crippen molar-refractivity contribution in [1.29, 1.82) is 0 Å². The zero-order chi connectivity index (χ0) is 18.5. The Morgan fingerprint density at radius 1 is 1.12 bits per heavy atom. The van der Waals surface area contributed by atoms with Crippen molar-refractivity contribution in [3.05, 3.63) is 54.1 Å². The first-order chi connectivity index (χ1) is 12.6. The molecule has 1 N–H and O–H groups in total. The van der Waals surface area contributed by atoms with Crippen LogP contribution in [-0.2, 0) is 9.59 Å². The lowest BCUT2D eigenvalue weighted by atomic mass is 10.1. The van der Waals surface area contributed by atoms with Crippen molar-refractivity contribution in [2.24, 2.45) is 0 Å². The Morgan fingerprint density at radius 3 is 2.54 bits per heavy atom. The van der Waals surface area contributed by atoms with E-state index in [0.717, 1.165) is 11.3 Å². The Morgan fingerprint density at radius 2 is 1.81 bits per heavy atom. The lowest BCUT2D eigenvalue weighted by molar-refractivity contribution is -0.126. The number of nitrogens with one attached hydrogen (secondary N) is 1. The van der Waals surface area contributed by atoms with Gasteiger partial charge < -0.3 is 19.7 Å². The second kappa shape index (κ2) is 7.91. The van der Waals surface area contributed by atoms with Crippen LogP contribution in [-0.4, -0.2) is 32.1 Å². The number of amides is 2. The highest BCUT2D eigenvalue weighted by molar-refractivity contribution is 6.06. The molecule has 0 saturated heterocycles. The molecule has 0 spiro atoms. The monoisotopic (exact) mass is 354 g/mol. The molecule has 136 valence electrons. The fraction of sp³-hybridized carbons (Fsp3) is 0.300. The van der Waals surface area contributed by atoms with Gasteiger partial charge in [0, 0.05) is 24.7 Å². The van der Waals surface area contributed by atoms with E-state index in [1.165, 1.54) is 6.92 Å². The highest BCUT2D eigenvalue weighted by atomic mass is 16.5. The van der Waals surface area contributed by atoms with Crippen molar-refractivity contribution in [3.8, 4) is 11.5 Å². The molecule has 0 saturated carbocycles. The van der Waals surface area contributed by atoms with Gasteiger partial charge in [-0.25, -0.2) is 0 Å². The van der Waals surface area contributed by atoms with Crippen LogP contribution in [0.3, 0.4) is 0 Å². The second-order valence-electron chi connectivity index (χ2n) is 6.04. The minimum Gasteiger partial charge on any atom is -0.493 e. The molecule has 0 aliphatic carbocycles. The van der Waals surface area contributed by atoms with Gasteiger partial charge >= 0.3 is 0 Å². The number of hydrogen-bond acceptors (Lipinski definition) is 4. The number of anilines is 1. The first kappa shape index (κ1) is 17.8. The van der Waals surface area contributed by atoms with Crippen LogP contribution in [0.1, 0.15) is 24.9 Å². The predicted octanol–water partition coefficient (Wildman–Crippen LogP) is 2.69. The smallest absolute Gasteiger partial charge is 0.254 e. The SMILES string of the molecule is COc1ccccc1OCCCN1C(=O)[C@H](NC(C)=O)c2ccccc21. The number of rotatable bonds is 7. The Kier molecular flexibility index (Phi) is 5.41. The van der Waals surface area contributed by atoms with Gasteiger partial charge in [-0.15, -0.1) is 0 Å². The summed E-state index contributed by atoms with van der Waals surface area (Å²) in [6.07, 6.45) is 0.658. The van der Waals surface area contributed by atoms with Crippen LogP contribution in [0.5, 0.6) is 11.5 Å². The maximum absolute atomic E-state index is 12.7. The molecule has 6 nitrogen and oxygen atoms in total. The molecule has 3 rings (SSSR count). The zero-order valence-corrected chi connectivity index (χ0v) is 14.9. The van der Waals surface area contributed by atoms with E-state index < -0.39 is 6.04 Å². The normalized spacial score (nSPS) is 15.5. The Bertz CT molecular complexity index is 806. The molecule has 1 aliphatic rings. The van der Waals surface area contributed by atoms with Crippen LogP contribution >= 0.6 is 0 Å². The predicted molar refractivity (Wildman–Crippen MR) is 98.5 cm³/mol. The number of hydrogen-bond donors (Lipinski definition) is 1. The summed E-state index contributed by atoms with van der Waals surface area (Å²) in [7, 11) is 1.60.